The molecule has 0 unspecified atom stereocenters. The molecule has 0 saturated carbocycles. The standard InChI is InChI=1S/2BrH.N.Re/h2*1H;;/q;;;+2/p-2. The summed E-state index contributed by atoms with van der Waals surface area (Å²) in [5.74, 6) is 0. The van der Waals surface area contributed by atoms with Crippen LogP contribution < -0.4 is 0 Å². The Morgan fingerprint density at radius 2 is 1.50 bits per heavy atom. The van der Waals surface area contributed by atoms with Gasteiger partial charge in [-0.3, -0.25) is 0 Å². The van der Waals surface area contributed by atoms with Crippen LogP contribution in [-0.2, 0) is 12.4 Å². The normalized spacial score (nSPS) is 8.50. The van der Waals surface area contributed by atoms with Crippen molar-refractivity contribution in [2.24, 2.45) is 0 Å². The van der Waals surface area contributed by atoms with E-state index in [0.29, 0.717) is 0 Å². The Kier molecular flexibility index (Phi) is 3.42. The minimum atomic E-state index is -1.84. The fourth-order valence-electron chi connectivity index (χ4n) is 0. The van der Waals surface area contributed by atoms with E-state index in [9.17, 15) is 0 Å². The minimum absolute atomic E-state index is 1.84. The Hall–Kier alpha value is 1.33. The third kappa shape index (κ3) is 10.2. The average molecular weight is 360 g/mol. The predicted octanol–water partition coefficient (Wildman–Crippen LogP) is 1.70. The SMILES string of the molecule is [N]#[Re]([Br])[Br]. The van der Waals surface area contributed by atoms with Crippen molar-refractivity contribution in [3.8, 4) is 0 Å². The monoisotopic (exact) mass is 359 g/mol. The Labute approximate surface area is 42.8 Å². The molecule has 0 aromatic rings. The Bertz CT molecular complexity index is 52.2. The van der Waals surface area contributed by atoms with Gasteiger partial charge in [0.2, 0.25) is 0 Å². The molecule has 0 amide bonds. The zero-order chi connectivity index (χ0) is 3.58. The number of nitrogens with zero attached hydrogens (tertiary/aromatic N) is 1. The number of halogens is 2. The van der Waals surface area contributed by atoms with Crippen LogP contribution in [0.25, 0.3) is 0 Å². The second kappa shape index (κ2) is 2.56. The first-order chi connectivity index (χ1) is 1.73. The van der Waals surface area contributed by atoms with Crippen LogP contribution in [0.1, 0.15) is 0 Å². The number of rotatable bonds is 0. The van der Waals surface area contributed by atoms with E-state index in [1.165, 1.54) is 0 Å². The van der Waals surface area contributed by atoms with Gasteiger partial charge in [-0.05, 0) is 0 Å². The van der Waals surface area contributed by atoms with Crippen LogP contribution >= 0.6 is 26.9 Å². The Morgan fingerprint density at radius 1 is 1.50 bits per heavy atom. The maximum absolute atomic E-state index is 8.07. The summed E-state index contributed by atoms with van der Waals surface area (Å²) in [4.78, 5) is 0. The van der Waals surface area contributed by atoms with Crippen LogP contribution in [0.15, 0.2) is 0 Å². The molecule has 0 atom stereocenters. The molecule has 1 nitrogen and oxygen atoms in total. The summed E-state index contributed by atoms with van der Waals surface area (Å²) in [5, 5.41) is 0. The third-order valence-electron chi connectivity index (χ3n) is 0. The van der Waals surface area contributed by atoms with Gasteiger partial charge in [-0.1, -0.05) is 0 Å². The molecule has 4 heavy (non-hydrogen) atoms. The molecule has 0 rings (SSSR count). The molecule has 0 heterocycles. The third-order valence-corrected chi connectivity index (χ3v) is 0. The van der Waals surface area contributed by atoms with Gasteiger partial charge < -0.3 is 0 Å². The van der Waals surface area contributed by atoms with E-state index in [1.54, 1.807) is 0 Å². The summed E-state index contributed by atoms with van der Waals surface area (Å²) in [6.45, 7) is 0. The van der Waals surface area contributed by atoms with Crippen molar-refractivity contribution in [3.63, 3.8) is 0 Å². The topological polar surface area (TPSA) is 23.8 Å². The van der Waals surface area contributed by atoms with Gasteiger partial charge in [-0.2, -0.15) is 0 Å². The second-order valence-corrected chi connectivity index (χ2v) is 17.4. The van der Waals surface area contributed by atoms with Crippen molar-refractivity contribution in [1.82, 2.24) is 0 Å². The molecule has 26 valence electrons. The predicted molar refractivity (Wildman–Crippen MR) is 19.6 cm³/mol. The molecule has 0 saturated heterocycles. The van der Waals surface area contributed by atoms with Gasteiger partial charge in [0.05, 0.1) is 0 Å². The molecule has 0 aliphatic rings. The summed E-state index contributed by atoms with van der Waals surface area (Å²) in [6, 6.07) is 0. The summed E-state index contributed by atoms with van der Waals surface area (Å²) in [6.07, 6.45) is 0. The molecule has 4 heteroatoms. The van der Waals surface area contributed by atoms with Crippen LogP contribution in [0.3, 0.4) is 0 Å². The molecule has 0 radical (unpaired) electrons. The van der Waals surface area contributed by atoms with Crippen LogP contribution in [0, 0.1) is 3.80 Å². The summed E-state index contributed by atoms with van der Waals surface area (Å²) in [7, 11) is 0. The fourth-order valence-corrected chi connectivity index (χ4v) is 0. The van der Waals surface area contributed by atoms with E-state index in [1.807, 2.05) is 0 Å². The van der Waals surface area contributed by atoms with Gasteiger partial charge in [0.1, 0.15) is 0 Å². The van der Waals surface area contributed by atoms with Gasteiger partial charge in [0.15, 0.2) is 0 Å². The molecule has 0 N–H and O–H groups in total. The molecular weight excluding hydrogens is 360 g/mol. The quantitative estimate of drug-likeness (QED) is 0.646. The molecular formula is Br2NRe. The van der Waals surface area contributed by atoms with Crippen LogP contribution in [0.2, 0.25) is 0 Å². The summed E-state index contributed by atoms with van der Waals surface area (Å²) < 4.78 is 8.07. The van der Waals surface area contributed by atoms with E-state index in [-0.39, 0.29) is 0 Å². The molecule has 0 aromatic heterocycles. The number of hydrogen-bond acceptors (Lipinski definition) is 1. The van der Waals surface area contributed by atoms with E-state index in [4.69, 9.17) is 3.80 Å². The molecule has 0 aliphatic carbocycles. The Balaban J connectivity index is 3.02. The first kappa shape index (κ1) is 5.33. The van der Waals surface area contributed by atoms with E-state index >= 15 is 0 Å². The zero-order valence-corrected chi connectivity index (χ0v) is 7.47. The van der Waals surface area contributed by atoms with Gasteiger partial charge in [0, 0.05) is 0 Å². The van der Waals surface area contributed by atoms with Gasteiger partial charge in [-0.15, -0.1) is 0 Å². The average Bonchev–Trinajstić information content (AvgIpc) is 0.811. The molecule has 0 bridgehead atoms. The second-order valence-electron chi connectivity index (χ2n) is 0.182. The van der Waals surface area contributed by atoms with Crippen LogP contribution in [0.5, 0.6) is 0 Å². The van der Waals surface area contributed by atoms with Crippen molar-refractivity contribution >= 4 is 26.9 Å². The first-order valence-electron chi connectivity index (χ1n) is 0.455. The Morgan fingerprint density at radius 3 is 1.50 bits per heavy atom. The molecule has 0 spiro atoms. The maximum atomic E-state index is 8.07. The van der Waals surface area contributed by atoms with Crippen molar-refractivity contribution < 1.29 is 12.4 Å². The van der Waals surface area contributed by atoms with E-state index in [0.717, 1.165) is 0 Å². The molecule has 0 aliphatic heterocycles. The molecule has 0 fully saturated rings. The van der Waals surface area contributed by atoms with Gasteiger partial charge in [0.25, 0.3) is 0 Å². The van der Waals surface area contributed by atoms with Crippen molar-refractivity contribution in [3.05, 3.63) is 0 Å². The molecule has 0 aromatic carbocycles. The van der Waals surface area contributed by atoms with Crippen LogP contribution in [-0.4, -0.2) is 0 Å². The van der Waals surface area contributed by atoms with Crippen molar-refractivity contribution in [2.45, 2.75) is 0 Å². The zero-order valence-electron chi connectivity index (χ0n) is 1.58. The first-order valence-corrected chi connectivity index (χ1v) is 13.5. The van der Waals surface area contributed by atoms with Gasteiger partial charge >= 0.3 is 43.0 Å². The van der Waals surface area contributed by atoms with Gasteiger partial charge in [-0.25, -0.2) is 0 Å². The fraction of sp³-hybridized carbons (Fsp3) is 0. The van der Waals surface area contributed by atoms with Crippen molar-refractivity contribution in [2.75, 3.05) is 0 Å². The summed E-state index contributed by atoms with van der Waals surface area (Å²) >= 11 is 4.02. The van der Waals surface area contributed by atoms with E-state index in [2.05, 4.69) is 26.9 Å². The number of hydrogen-bond donors (Lipinski definition) is 0. The van der Waals surface area contributed by atoms with E-state index < -0.39 is 12.4 Å². The van der Waals surface area contributed by atoms with Crippen LogP contribution in [0.4, 0.5) is 0 Å². The van der Waals surface area contributed by atoms with Crippen molar-refractivity contribution in [1.29, 1.82) is 3.80 Å². The summed E-state index contributed by atoms with van der Waals surface area (Å²) in [5.41, 5.74) is 0.